The standard InChI is InChI=1S/C14H19NO3/c1-9-5-6-11-12(7-9)18-14(3,4)8-15(11)10(2)13(16)17/h5-7,10H,8H2,1-4H3,(H,16,17). The maximum Gasteiger partial charge on any atom is 0.326 e. The highest BCUT2D eigenvalue weighted by Crippen LogP contribution is 2.38. The summed E-state index contributed by atoms with van der Waals surface area (Å²) >= 11 is 0. The minimum absolute atomic E-state index is 0.384. The summed E-state index contributed by atoms with van der Waals surface area (Å²) in [6.45, 7) is 8.21. The number of carboxylic acids is 1. The Morgan fingerprint density at radius 2 is 2.17 bits per heavy atom. The van der Waals surface area contributed by atoms with E-state index in [-0.39, 0.29) is 5.60 Å². The van der Waals surface area contributed by atoms with E-state index in [1.807, 2.05) is 43.9 Å². The van der Waals surface area contributed by atoms with E-state index >= 15 is 0 Å². The van der Waals surface area contributed by atoms with Crippen molar-refractivity contribution in [3.8, 4) is 5.75 Å². The first-order valence-corrected chi connectivity index (χ1v) is 6.09. The van der Waals surface area contributed by atoms with Crippen LogP contribution in [0.1, 0.15) is 26.3 Å². The Kier molecular flexibility index (Phi) is 2.97. The third kappa shape index (κ3) is 2.28. The van der Waals surface area contributed by atoms with Gasteiger partial charge in [0.1, 0.15) is 17.4 Å². The molecule has 0 bridgehead atoms. The van der Waals surface area contributed by atoms with Crippen LogP contribution >= 0.6 is 0 Å². The molecule has 18 heavy (non-hydrogen) atoms. The maximum atomic E-state index is 11.2. The van der Waals surface area contributed by atoms with Gasteiger partial charge in [-0.2, -0.15) is 0 Å². The molecule has 2 rings (SSSR count). The molecule has 1 aliphatic heterocycles. The van der Waals surface area contributed by atoms with Crippen molar-refractivity contribution in [2.45, 2.75) is 39.3 Å². The fraction of sp³-hybridized carbons (Fsp3) is 0.500. The summed E-state index contributed by atoms with van der Waals surface area (Å²) in [4.78, 5) is 13.1. The average molecular weight is 249 g/mol. The van der Waals surface area contributed by atoms with Crippen molar-refractivity contribution < 1.29 is 14.6 Å². The molecule has 1 N–H and O–H groups in total. The lowest BCUT2D eigenvalue weighted by atomic mass is 10.0. The first kappa shape index (κ1) is 12.7. The number of rotatable bonds is 2. The van der Waals surface area contributed by atoms with Crippen LogP contribution < -0.4 is 9.64 Å². The van der Waals surface area contributed by atoms with Crippen molar-refractivity contribution in [2.75, 3.05) is 11.4 Å². The van der Waals surface area contributed by atoms with Crippen molar-refractivity contribution in [1.82, 2.24) is 0 Å². The molecule has 1 atom stereocenters. The van der Waals surface area contributed by atoms with E-state index in [9.17, 15) is 9.90 Å². The smallest absolute Gasteiger partial charge is 0.326 e. The minimum atomic E-state index is -0.820. The molecule has 0 aromatic heterocycles. The number of hydrogen-bond acceptors (Lipinski definition) is 3. The Bertz CT molecular complexity index is 482. The molecule has 0 spiro atoms. The summed E-state index contributed by atoms with van der Waals surface area (Å²) in [6, 6.07) is 5.30. The van der Waals surface area contributed by atoms with Crippen molar-refractivity contribution in [2.24, 2.45) is 0 Å². The lowest BCUT2D eigenvalue weighted by molar-refractivity contribution is -0.138. The molecular weight excluding hydrogens is 230 g/mol. The van der Waals surface area contributed by atoms with Crippen molar-refractivity contribution in [3.05, 3.63) is 23.8 Å². The monoisotopic (exact) mass is 249 g/mol. The van der Waals surface area contributed by atoms with Gasteiger partial charge in [0.25, 0.3) is 0 Å². The number of fused-ring (bicyclic) bond motifs is 1. The Morgan fingerprint density at radius 1 is 1.50 bits per heavy atom. The van der Waals surface area contributed by atoms with Crippen LogP contribution in [0.15, 0.2) is 18.2 Å². The summed E-state index contributed by atoms with van der Waals surface area (Å²) in [7, 11) is 0. The van der Waals surface area contributed by atoms with E-state index in [4.69, 9.17) is 4.74 Å². The molecule has 0 radical (unpaired) electrons. The zero-order valence-electron chi connectivity index (χ0n) is 11.2. The van der Waals surface area contributed by atoms with Crippen LogP contribution in [-0.2, 0) is 4.79 Å². The average Bonchev–Trinajstić information content (AvgIpc) is 2.24. The molecular formula is C14H19NO3. The number of aliphatic carboxylic acids is 1. The normalized spacial score (nSPS) is 18.8. The second kappa shape index (κ2) is 4.19. The number of anilines is 1. The minimum Gasteiger partial charge on any atom is -0.484 e. The lowest BCUT2D eigenvalue weighted by Crippen LogP contribution is -2.52. The van der Waals surface area contributed by atoms with Gasteiger partial charge < -0.3 is 14.7 Å². The van der Waals surface area contributed by atoms with Crippen molar-refractivity contribution in [3.63, 3.8) is 0 Å². The van der Waals surface area contributed by atoms with E-state index in [0.29, 0.717) is 6.54 Å². The molecule has 4 heteroatoms. The molecule has 0 amide bonds. The number of carboxylic acid groups (broad SMARTS) is 1. The predicted molar refractivity (Wildman–Crippen MR) is 70.3 cm³/mol. The number of benzene rings is 1. The first-order valence-electron chi connectivity index (χ1n) is 6.09. The molecule has 0 aliphatic carbocycles. The van der Waals surface area contributed by atoms with Crippen LogP contribution in [-0.4, -0.2) is 29.3 Å². The summed E-state index contributed by atoms with van der Waals surface area (Å²) in [5.74, 6) is -0.0569. The van der Waals surface area contributed by atoms with E-state index in [1.54, 1.807) is 6.92 Å². The third-order valence-corrected chi connectivity index (χ3v) is 3.19. The van der Waals surface area contributed by atoms with Gasteiger partial charge in [-0.1, -0.05) is 6.07 Å². The van der Waals surface area contributed by atoms with Crippen LogP contribution in [0.4, 0.5) is 5.69 Å². The number of aryl methyl sites for hydroxylation is 1. The Balaban J connectivity index is 2.46. The van der Waals surface area contributed by atoms with Gasteiger partial charge in [0.2, 0.25) is 0 Å². The third-order valence-electron chi connectivity index (χ3n) is 3.19. The fourth-order valence-electron chi connectivity index (χ4n) is 2.24. The number of hydrogen-bond donors (Lipinski definition) is 1. The molecule has 1 aromatic carbocycles. The Labute approximate surface area is 107 Å². The van der Waals surface area contributed by atoms with Gasteiger partial charge in [-0.15, -0.1) is 0 Å². The highest BCUT2D eigenvalue weighted by atomic mass is 16.5. The second-order valence-corrected chi connectivity index (χ2v) is 5.48. The lowest BCUT2D eigenvalue weighted by Gasteiger charge is -2.42. The molecule has 0 fully saturated rings. The van der Waals surface area contributed by atoms with E-state index in [1.165, 1.54) is 0 Å². The van der Waals surface area contributed by atoms with Crippen LogP contribution in [0.3, 0.4) is 0 Å². The SMILES string of the molecule is Cc1ccc2c(c1)OC(C)(C)CN2C(C)C(=O)O. The number of carbonyl (C=O) groups is 1. The number of nitrogens with zero attached hydrogens (tertiary/aromatic N) is 1. The van der Waals surface area contributed by atoms with Crippen molar-refractivity contribution in [1.29, 1.82) is 0 Å². The maximum absolute atomic E-state index is 11.2. The molecule has 1 aliphatic rings. The molecule has 98 valence electrons. The Hall–Kier alpha value is -1.71. The van der Waals surface area contributed by atoms with E-state index in [0.717, 1.165) is 17.0 Å². The fourth-order valence-corrected chi connectivity index (χ4v) is 2.24. The summed E-state index contributed by atoms with van der Waals surface area (Å²) in [5, 5.41) is 9.20. The molecule has 0 saturated heterocycles. The van der Waals surface area contributed by atoms with E-state index < -0.39 is 12.0 Å². The highest BCUT2D eigenvalue weighted by molar-refractivity contribution is 5.79. The van der Waals surface area contributed by atoms with E-state index in [2.05, 4.69) is 0 Å². The molecule has 1 unspecified atom stereocenters. The largest absolute Gasteiger partial charge is 0.484 e. The highest BCUT2D eigenvalue weighted by Gasteiger charge is 2.35. The summed E-state index contributed by atoms with van der Waals surface area (Å²) in [6.07, 6.45) is 0. The van der Waals surface area contributed by atoms with Gasteiger partial charge in [-0.05, 0) is 45.4 Å². The first-order chi connectivity index (χ1) is 8.30. The van der Waals surface area contributed by atoms with Gasteiger partial charge in [0.05, 0.1) is 12.2 Å². The zero-order valence-corrected chi connectivity index (χ0v) is 11.2. The second-order valence-electron chi connectivity index (χ2n) is 5.48. The van der Waals surface area contributed by atoms with Gasteiger partial charge in [-0.3, -0.25) is 0 Å². The molecule has 4 nitrogen and oxygen atoms in total. The van der Waals surface area contributed by atoms with Crippen molar-refractivity contribution >= 4 is 11.7 Å². The van der Waals surface area contributed by atoms with Crippen LogP contribution in [0, 0.1) is 6.92 Å². The molecule has 1 heterocycles. The zero-order chi connectivity index (χ0) is 13.5. The Morgan fingerprint density at radius 3 is 2.78 bits per heavy atom. The van der Waals surface area contributed by atoms with Crippen LogP contribution in [0.25, 0.3) is 0 Å². The molecule has 1 aromatic rings. The van der Waals surface area contributed by atoms with Crippen LogP contribution in [0.2, 0.25) is 0 Å². The molecule has 0 saturated carbocycles. The van der Waals surface area contributed by atoms with Gasteiger partial charge in [0.15, 0.2) is 0 Å². The van der Waals surface area contributed by atoms with Crippen LogP contribution in [0.5, 0.6) is 5.75 Å². The van der Waals surface area contributed by atoms with Gasteiger partial charge >= 0.3 is 5.97 Å². The summed E-state index contributed by atoms with van der Waals surface area (Å²) in [5.41, 5.74) is 1.58. The number of ether oxygens (including phenoxy) is 1. The predicted octanol–water partition coefficient (Wildman–Crippen LogP) is 2.45. The quantitative estimate of drug-likeness (QED) is 0.874. The van der Waals surface area contributed by atoms with Gasteiger partial charge in [-0.25, -0.2) is 4.79 Å². The topological polar surface area (TPSA) is 49.8 Å². The van der Waals surface area contributed by atoms with Gasteiger partial charge in [0, 0.05) is 0 Å². The summed E-state index contributed by atoms with van der Waals surface area (Å²) < 4.78 is 5.93.